The molecule has 0 fully saturated rings. The van der Waals surface area contributed by atoms with Crippen molar-refractivity contribution < 1.29 is 14.2 Å². The Labute approximate surface area is 115 Å². The standard InChI is InChI=1S/C14H30O3Si/c1-12(2,3)15-10(16-13(4,5)6)11(18)17-14(7,8)9/h1-9,18H3. The first-order valence-corrected chi connectivity index (χ1v) is 7.47. The van der Waals surface area contributed by atoms with Gasteiger partial charge in [0, 0.05) is 0 Å². The first kappa shape index (κ1) is 17.4. The van der Waals surface area contributed by atoms with E-state index in [4.69, 9.17) is 14.2 Å². The Morgan fingerprint density at radius 2 is 0.889 bits per heavy atom. The van der Waals surface area contributed by atoms with Gasteiger partial charge in [-0.15, -0.1) is 0 Å². The fraction of sp³-hybridized carbons (Fsp3) is 0.857. The Hall–Kier alpha value is -0.643. The molecule has 0 rings (SSSR count). The zero-order valence-corrected chi connectivity index (χ0v) is 15.7. The van der Waals surface area contributed by atoms with Gasteiger partial charge in [0.15, 0.2) is 0 Å². The molecule has 0 saturated heterocycles. The van der Waals surface area contributed by atoms with Gasteiger partial charge in [0.25, 0.3) is 0 Å². The lowest BCUT2D eigenvalue weighted by Gasteiger charge is -2.31. The second-order valence-corrected chi connectivity index (χ2v) is 8.40. The van der Waals surface area contributed by atoms with Crippen molar-refractivity contribution in [3.05, 3.63) is 11.3 Å². The highest BCUT2D eigenvalue weighted by atomic mass is 28.1. The minimum atomic E-state index is -0.294. The topological polar surface area (TPSA) is 27.7 Å². The zero-order valence-electron chi connectivity index (χ0n) is 13.7. The van der Waals surface area contributed by atoms with Crippen LogP contribution in [0.3, 0.4) is 0 Å². The number of hydrogen-bond donors (Lipinski definition) is 0. The van der Waals surface area contributed by atoms with Crippen LogP contribution in [0.1, 0.15) is 62.3 Å². The van der Waals surface area contributed by atoms with Gasteiger partial charge in [-0.3, -0.25) is 0 Å². The SMILES string of the molecule is CC(C)(C)OC([SiH3])=C(OC(C)(C)C)OC(C)(C)C. The van der Waals surface area contributed by atoms with E-state index in [-0.39, 0.29) is 16.8 Å². The van der Waals surface area contributed by atoms with Gasteiger partial charge in [0.2, 0.25) is 0 Å². The van der Waals surface area contributed by atoms with Crippen molar-refractivity contribution in [2.24, 2.45) is 0 Å². The summed E-state index contributed by atoms with van der Waals surface area (Å²) in [6.45, 7) is 18.1. The van der Waals surface area contributed by atoms with Crippen LogP contribution in [0.4, 0.5) is 0 Å². The molecule has 0 aromatic rings. The molecule has 18 heavy (non-hydrogen) atoms. The molecule has 0 atom stereocenters. The van der Waals surface area contributed by atoms with Gasteiger partial charge >= 0.3 is 5.95 Å². The van der Waals surface area contributed by atoms with Crippen LogP contribution in [-0.4, -0.2) is 27.0 Å². The first-order valence-electron chi connectivity index (χ1n) is 6.47. The Balaban J connectivity index is 5.13. The summed E-state index contributed by atoms with van der Waals surface area (Å²) in [7, 11) is 0.747. The molecule has 0 saturated carbocycles. The smallest absolute Gasteiger partial charge is 0.313 e. The lowest BCUT2D eigenvalue weighted by molar-refractivity contribution is -0.105. The van der Waals surface area contributed by atoms with E-state index in [1.165, 1.54) is 0 Å². The minimum Gasteiger partial charge on any atom is -0.491 e. The number of hydrogen-bond acceptors (Lipinski definition) is 3. The lowest BCUT2D eigenvalue weighted by Crippen LogP contribution is -2.29. The molecule has 0 aromatic heterocycles. The summed E-state index contributed by atoms with van der Waals surface area (Å²) >= 11 is 0. The quantitative estimate of drug-likeness (QED) is 0.585. The van der Waals surface area contributed by atoms with Crippen molar-refractivity contribution in [3.8, 4) is 0 Å². The second kappa shape index (κ2) is 5.55. The van der Waals surface area contributed by atoms with E-state index in [9.17, 15) is 0 Å². The molecule has 0 aliphatic carbocycles. The second-order valence-electron chi connectivity index (χ2n) is 7.49. The fourth-order valence-electron chi connectivity index (χ4n) is 1.22. The first-order chi connectivity index (χ1) is 7.70. The molecular formula is C14H30O3Si. The highest BCUT2D eigenvalue weighted by Gasteiger charge is 2.24. The molecule has 0 spiro atoms. The summed E-state index contributed by atoms with van der Waals surface area (Å²) in [6.07, 6.45) is 0. The van der Waals surface area contributed by atoms with E-state index in [0.29, 0.717) is 5.95 Å². The molecule has 0 amide bonds. The Kier molecular flexibility index (Phi) is 5.35. The van der Waals surface area contributed by atoms with Crippen LogP contribution < -0.4 is 0 Å². The maximum Gasteiger partial charge on any atom is 0.313 e. The van der Waals surface area contributed by atoms with Gasteiger partial charge in [0.1, 0.15) is 16.6 Å². The highest BCUT2D eigenvalue weighted by molar-refractivity contribution is 6.20. The molecule has 0 bridgehead atoms. The van der Waals surface area contributed by atoms with Gasteiger partial charge in [-0.05, 0) is 62.3 Å². The minimum absolute atomic E-state index is 0.231. The van der Waals surface area contributed by atoms with E-state index >= 15 is 0 Å². The van der Waals surface area contributed by atoms with Crippen LogP contribution in [-0.2, 0) is 14.2 Å². The van der Waals surface area contributed by atoms with Crippen molar-refractivity contribution in [3.63, 3.8) is 0 Å². The molecule has 108 valence electrons. The van der Waals surface area contributed by atoms with Crippen LogP contribution in [0.25, 0.3) is 0 Å². The van der Waals surface area contributed by atoms with E-state index in [1.807, 2.05) is 62.3 Å². The molecule has 0 unspecified atom stereocenters. The molecule has 4 heteroatoms. The Morgan fingerprint density at radius 1 is 0.611 bits per heavy atom. The summed E-state index contributed by atoms with van der Waals surface area (Å²) < 4.78 is 17.7. The van der Waals surface area contributed by atoms with Gasteiger partial charge in [0.05, 0.1) is 15.8 Å². The maximum atomic E-state index is 5.89. The average Bonchev–Trinajstić information content (AvgIpc) is 1.93. The van der Waals surface area contributed by atoms with Crippen molar-refractivity contribution >= 4 is 10.2 Å². The van der Waals surface area contributed by atoms with Crippen LogP contribution in [0.2, 0.25) is 0 Å². The van der Waals surface area contributed by atoms with Crippen LogP contribution in [0.5, 0.6) is 0 Å². The summed E-state index contributed by atoms with van der Waals surface area (Å²) in [6, 6.07) is 0. The highest BCUT2D eigenvalue weighted by Crippen LogP contribution is 2.24. The summed E-state index contributed by atoms with van der Waals surface area (Å²) in [4.78, 5) is 0. The largest absolute Gasteiger partial charge is 0.491 e. The molecular weight excluding hydrogens is 244 g/mol. The van der Waals surface area contributed by atoms with E-state index < -0.39 is 0 Å². The number of ether oxygens (including phenoxy) is 3. The van der Waals surface area contributed by atoms with E-state index in [1.54, 1.807) is 0 Å². The number of rotatable bonds is 3. The zero-order chi connectivity index (χ0) is 14.8. The van der Waals surface area contributed by atoms with Crippen molar-refractivity contribution in [1.82, 2.24) is 0 Å². The molecule has 0 N–H and O–H groups in total. The van der Waals surface area contributed by atoms with Crippen LogP contribution >= 0.6 is 0 Å². The van der Waals surface area contributed by atoms with Crippen molar-refractivity contribution in [1.29, 1.82) is 0 Å². The predicted molar refractivity (Wildman–Crippen MR) is 79.5 cm³/mol. The summed E-state index contributed by atoms with van der Waals surface area (Å²) in [5, 5.41) is 0.812. The summed E-state index contributed by atoms with van der Waals surface area (Å²) in [5.74, 6) is 0.525. The van der Waals surface area contributed by atoms with Crippen molar-refractivity contribution in [2.75, 3.05) is 0 Å². The van der Waals surface area contributed by atoms with Gasteiger partial charge in [-0.1, -0.05) is 0 Å². The van der Waals surface area contributed by atoms with Crippen LogP contribution in [0.15, 0.2) is 11.3 Å². The van der Waals surface area contributed by atoms with Crippen LogP contribution in [0, 0.1) is 0 Å². The van der Waals surface area contributed by atoms with E-state index in [2.05, 4.69) is 0 Å². The third-order valence-corrected chi connectivity index (χ3v) is 2.16. The third kappa shape index (κ3) is 9.39. The molecule has 0 radical (unpaired) electrons. The average molecular weight is 274 g/mol. The van der Waals surface area contributed by atoms with Crippen molar-refractivity contribution in [2.45, 2.75) is 79.1 Å². The summed E-state index contributed by atoms with van der Waals surface area (Å²) in [5.41, 5.74) is -0.820. The normalized spacial score (nSPS) is 13.2. The molecule has 3 nitrogen and oxygen atoms in total. The lowest BCUT2D eigenvalue weighted by atomic mass is 10.2. The monoisotopic (exact) mass is 274 g/mol. The maximum absolute atomic E-state index is 5.89. The molecule has 0 aromatic carbocycles. The third-order valence-electron chi connectivity index (χ3n) is 1.54. The Morgan fingerprint density at radius 3 is 1.11 bits per heavy atom. The fourth-order valence-corrected chi connectivity index (χ4v) is 2.04. The molecule has 0 aliphatic rings. The van der Waals surface area contributed by atoms with Gasteiger partial charge in [-0.25, -0.2) is 0 Å². The molecule has 0 heterocycles. The van der Waals surface area contributed by atoms with E-state index in [0.717, 1.165) is 15.6 Å². The van der Waals surface area contributed by atoms with Gasteiger partial charge < -0.3 is 14.2 Å². The Bertz CT molecular complexity index is 282. The predicted octanol–water partition coefficient (Wildman–Crippen LogP) is 2.92. The molecule has 0 aliphatic heterocycles. The van der Waals surface area contributed by atoms with Gasteiger partial charge in [-0.2, -0.15) is 0 Å².